The van der Waals surface area contributed by atoms with Crippen LogP contribution in [0.25, 0.3) is 0 Å². The zero-order valence-corrected chi connectivity index (χ0v) is 21.7. The zero-order chi connectivity index (χ0) is 26.7. The third kappa shape index (κ3) is 10.1. The van der Waals surface area contributed by atoms with Crippen LogP contribution in [0.4, 0.5) is 0 Å². The second-order valence-electron chi connectivity index (χ2n) is 8.62. The van der Waals surface area contributed by atoms with Gasteiger partial charge in [-0.15, -0.1) is 0 Å². The number of fused-ring (bicyclic) bond motifs is 7. The van der Waals surface area contributed by atoms with Gasteiger partial charge in [-0.2, -0.15) is 0 Å². The highest BCUT2D eigenvalue weighted by atomic mass is 33.1. The monoisotopic (exact) mass is 544 g/mol. The second kappa shape index (κ2) is 14.7. The van der Waals surface area contributed by atoms with E-state index in [1.165, 1.54) is 21.6 Å². The number of carboxylic acids is 1. The number of hydrogen-bond donors (Lipinski definition) is 5. The van der Waals surface area contributed by atoms with Crippen LogP contribution in [0.5, 0.6) is 0 Å². The molecule has 2 aliphatic heterocycles. The van der Waals surface area contributed by atoms with Crippen LogP contribution in [-0.4, -0.2) is 83.0 Å². The van der Waals surface area contributed by atoms with Gasteiger partial charge in [0.25, 0.3) is 0 Å². The summed E-state index contributed by atoms with van der Waals surface area (Å²) < 4.78 is 5.37. The van der Waals surface area contributed by atoms with Crippen molar-refractivity contribution in [1.82, 2.24) is 21.3 Å². The van der Waals surface area contributed by atoms with E-state index in [0.29, 0.717) is 12.2 Å². The predicted molar refractivity (Wildman–Crippen MR) is 134 cm³/mol. The summed E-state index contributed by atoms with van der Waals surface area (Å²) in [7, 11) is 2.82. The van der Waals surface area contributed by atoms with E-state index >= 15 is 0 Å². The lowest BCUT2D eigenvalue weighted by Crippen LogP contribution is -2.59. The summed E-state index contributed by atoms with van der Waals surface area (Å²) in [6.07, 6.45) is 2.06. The molecule has 0 aromatic rings. The minimum absolute atomic E-state index is 0.169. The summed E-state index contributed by atoms with van der Waals surface area (Å²) in [5.41, 5.74) is 0. The molecular formula is C22H32N4O8S2. The first-order valence-electron chi connectivity index (χ1n) is 11.6. The number of allylic oxidation sites excluding steroid dienone is 1. The summed E-state index contributed by atoms with van der Waals surface area (Å²) in [5.74, 6) is -4.02. The SMILES string of the molecule is CC(C)[C@H]1NC(=O)[C@@H]2CSSCC/C=C/[C@H](CC(=O)N[C@H](CCC(=O)O)C(=O)N2)OC(=O)CNC1=O. The van der Waals surface area contributed by atoms with E-state index in [2.05, 4.69) is 21.3 Å². The Labute approximate surface area is 216 Å². The van der Waals surface area contributed by atoms with Gasteiger partial charge >= 0.3 is 11.9 Å². The first-order valence-corrected chi connectivity index (χ1v) is 14.1. The minimum atomic E-state index is -1.23. The summed E-state index contributed by atoms with van der Waals surface area (Å²) >= 11 is 0. The van der Waals surface area contributed by atoms with Gasteiger partial charge in [-0.25, -0.2) is 0 Å². The maximum absolute atomic E-state index is 13.1. The number of rotatable bonds is 4. The van der Waals surface area contributed by atoms with E-state index in [1.54, 1.807) is 26.0 Å². The van der Waals surface area contributed by atoms with Crippen molar-refractivity contribution in [3.63, 3.8) is 0 Å². The lowest BCUT2D eigenvalue weighted by atomic mass is 10.0. The van der Waals surface area contributed by atoms with E-state index in [0.717, 1.165) is 0 Å². The molecule has 4 atom stereocenters. The molecule has 1 fully saturated rings. The molecule has 12 nitrogen and oxygen atoms in total. The van der Waals surface area contributed by atoms with E-state index in [9.17, 15) is 28.8 Å². The van der Waals surface area contributed by atoms with Gasteiger partial charge in [-0.3, -0.25) is 28.8 Å². The van der Waals surface area contributed by atoms with Gasteiger partial charge in [0.15, 0.2) is 0 Å². The normalized spacial score (nSPS) is 28.1. The molecule has 0 aromatic carbocycles. The summed E-state index contributed by atoms with van der Waals surface area (Å²) in [4.78, 5) is 75.1. The third-order valence-electron chi connectivity index (χ3n) is 5.29. The van der Waals surface area contributed by atoms with Crippen molar-refractivity contribution < 1.29 is 38.6 Å². The van der Waals surface area contributed by atoms with Crippen molar-refractivity contribution in [3.8, 4) is 0 Å². The Bertz CT molecular complexity index is 882. The van der Waals surface area contributed by atoms with Crippen LogP contribution >= 0.6 is 21.6 Å². The van der Waals surface area contributed by atoms with E-state index in [4.69, 9.17) is 9.84 Å². The maximum Gasteiger partial charge on any atom is 0.326 e. The molecule has 14 heteroatoms. The van der Waals surface area contributed by atoms with Gasteiger partial charge in [0.2, 0.25) is 23.6 Å². The average Bonchev–Trinajstić information content (AvgIpc) is 2.80. The van der Waals surface area contributed by atoms with Gasteiger partial charge in [0.05, 0.1) is 6.42 Å². The van der Waals surface area contributed by atoms with Crippen LogP contribution in [0.2, 0.25) is 0 Å². The van der Waals surface area contributed by atoms with Crippen molar-refractivity contribution in [1.29, 1.82) is 0 Å². The number of esters is 1. The van der Waals surface area contributed by atoms with Crippen molar-refractivity contribution in [2.75, 3.05) is 18.1 Å². The molecule has 2 aliphatic rings. The van der Waals surface area contributed by atoms with E-state index in [1.807, 2.05) is 0 Å². The van der Waals surface area contributed by atoms with Crippen LogP contribution in [-0.2, 0) is 33.5 Å². The van der Waals surface area contributed by atoms with Crippen molar-refractivity contribution >= 4 is 57.2 Å². The third-order valence-corrected chi connectivity index (χ3v) is 7.74. The molecular weight excluding hydrogens is 512 g/mol. The smallest absolute Gasteiger partial charge is 0.326 e. The van der Waals surface area contributed by atoms with Gasteiger partial charge < -0.3 is 31.1 Å². The molecule has 0 aromatic heterocycles. The zero-order valence-electron chi connectivity index (χ0n) is 20.1. The number of carbonyl (C=O) groups is 6. The van der Waals surface area contributed by atoms with Crippen LogP contribution in [0.15, 0.2) is 12.2 Å². The molecule has 36 heavy (non-hydrogen) atoms. The molecule has 2 heterocycles. The number of carbonyl (C=O) groups excluding carboxylic acids is 5. The Morgan fingerprint density at radius 1 is 1.08 bits per heavy atom. The molecule has 200 valence electrons. The van der Waals surface area contributed by atoms with Crippen molar-refractivity contribution in [2.45, 2.75) is 63.8 Å². The number of nitrogens with one attached hydrogen (secondary N) is 4. The average molecular weight is 545 g/mol. The summed E-state index contributed by atoms with van der Waals surface area (Å²) in [5, 5.41) is 19.3. The largest absolute Gasteiger partial charge is 0.481 e. The van der Waals surface area contributed by atoms with E-state index < -0.39 is 72.8 Å². The van der Waals surface area contributed by atoms with E-state index in [-0.39, 0.29) is 24.5 Å². The van der Waals surface area contributed by atoms with Crippen molar-refractivity contribution in [3.05, 3.63) is 12.2 Å². The standard InChI is InChI=1S/C22H32N4O8S2/c1-12(2)19-22(33)23-10-18(30)34-13-5-3-4-8-35-36-11-15(21(32)26-19)25-20(31)14(6-7-17(28)29)24-16(27)9-13/h3,5,12-15,19H,4,6-11H2,1-2H3,(H,23,33)(H,24,27)(H,25,31)(H,26,32)(H,28,29)/b5-3+/t13-,14-,15+,19-/m1/s1. The molecule has 0 spiro atoms. The fourth-order valence-electron chi connectivity index (χ4n) is 3.38. The Hall–Kier alpha value is -2.74. The quantitative estimate of drug-likeness (QED) is 0.180. The molecule has 2 rings (SSSR count). The Morgan fingerprint density at radius 2 is 1.83 bits per heavy atom. The van der Waals surface area contributed by atoms with Gasteiger partial charge in [0, 0.05) is 17.9 Å². The lowest BCUT2D eigenvalue weighted by molar-refractivity contribution is -0.149. The molecule has 0 unspecified atom stereocenters. The molecule has 2 bridgehead atoms. The molecule has 4 amide bonds. The fourth-order valence-corrected chi connectivity index (χ4v) is 5.54. The van der Waals surface area contributed by atoms with Gasteiger partial charge in [0.1, 0.15) is 30.8 Å². The second-order valence-corrected chi connectivity index (χ2v) is 11.2. The molecule has 0 saturated carbocycles. The van der Waals surface area contributed by atoms with Gasteiger partial charge in [-0.1, -0.05) is 41.5 Å². The number of amides is 4. The Balaban J connectivity index is 2.45. The summed E-state index contributed by atoms with van der Waals surface area (Å²) in [6.45, 7) is 2.98. The van der Waals surface area contributed by atoms with Crippen LogP contribution in [0.3, 0.4) is 0 Å². The number of aliphatic carboxylic acids is 1. The molecule has 0 radical (unpaired) electrons. The fraction of sp³-hybridized carbons (Fsp3) is 0.636. The number of carboxylic acid groups (broad SMARTS) is 1. The van der Waals surface area contributed by atoms with Crippen LogP contribution in [0.1, 0.15) is 39.5 Å². The Kier molecular flexibility index (Phi) is 12.1. The minimum Gasteiger partial charge on any atom is -0.481 e. The maximum atomic E-state index is 13.1. The highest BCUT2D eigenvalue weighted by molar-refractivity contribution is 8.76. The van der Waals surface area contributed by atoms with Crippen LogP contribution < -0.4 is 21.3 Å². The topological polar surface area (TPSA) is 180 Å². The first-order chi connectivity index (χ1) is 17.1. The highest BCUT2D eigenvalue weighted by Crippen LogP contribution is 2.23. The highest BCUT2D eigenvalue weighted by Gasteiger charge is 2.32. The Morgan fingerprint density at radius 3 is 2.53 bits per heavy atom. The first kappa shape index (κ1) is 29.5. The molecule has 1 saturated heterocycles. The molecule has 0 aliphatic carbocycles. The van der Waals surface area contributed by atoms with Crippen LogP contribution in [0, 0.1) is 5.92 Å². The van der Waals surface area contributed by atoms with Crippen molar-refractivity contribution in [2.24, 2.45) is 5.92 Å². The number of ether oxygens (including phenoxy) is 1. The van der Waals surface area contributed by atoms with Gasteiger partial charge in [-0.05, 0) is 24.8 Å². The number of hydrogen-bond acceptors (Lipinski definition) is 9. The summed E-state index contributed by atoms with van der Waals surface area (Å²) in [6, 6.07) is -3.27. The molecule has 5 N–H and O–H groups in total. The predicted octanol–water partition coefficient (Wildman–Crippen LogP) is -0.265. The lowest BCUT2D eigenvalue weighted by Gasteiger charge is -2.27.